The number of phenols is 1. The number of pyridine rings is 1. The van der Waals surface area contributed by atoms with E-state index >= 15 is 0 Å². The summed E-state index contributed by atoms with van der Waals surface area (Å²) in [5.74, 6) is 0.325. The highest BCUT2D eigenvalue weighted by molar-refractivity contribution is 5.97. The molecular weight excluding hydrogens is 278 g/mol. The van der Waals surface area contributed by atoms with Crippen LogP contribution in [0.15, 0.2) is 48.8 Å². The van der Waals surface area contributed by atoms with Crippen molar-refractivity contribution in [1.29, 1.82) is 0 Å². The molecule has 0 aliphatic carbocycles. The Morgan fingerprint density at radius 3 is 3.00 bits per heavy atom. The van der Waals surface area contributed by atoms with Gasteiger partial charge in [-0.05, 0) is 42.7 Å². The second kappa shape index (κ2) is 6.58. The monoisotopic (exact) mass is 297 g/mol. The standard InChI is InChI=1S/C17H19N3O2/c21-15-6-1-4-13(10-15)11-19-16-7-3-9-20(17(16)22)14-5-2-8-18-12-14/h1-2,4-6,8,10,12,16,19,21H,3,7,9,11H2. The lowest BCUT2D eigenvalue weighted by Gasteiger charge is -2.32. The summed E-state index contributed by atoms with van der Waals surface area (Å²) in [4.78, 5) is 18.5. The first-order valence-electron chi connectivity index (χ1n) is 7.47. The molecule has 1 unspecified atom stereocenters. The molecule has 1 aromatic heterocycles. The minimum Gasteiger partial charge on any atom is -0.508 e. The number of nitrogens with one attached hydrogen (secondary N) is 1. The Labute approximate surface area is 129 Å². The average molecular weight is 297 g/mol. The van der Waals surface area contributed by atoms with Crippen LogP contribution in [0.3, 0.4) is 0 Å². The van der Waals surface area contributed by atoms with Crippen molar-refractivity contribution in [3.63, 3.8) is 0 Å². The molecule has 2 aromatic rings. The molecule has 1 amide bonds. The molecule has 1 fully saturated rings. The zero-order chi connectivity index (χ0) is 15.4. The number of carbonyl (C=O) groups is 1. The smallest absolute Gasteiger partial charge is 0.244 e. The molecule has 0 spiro atoms. The Bertz CT molecular complexity index is 645. The lowest BCUT2D eigenvalue weighted by atomic mass is 10.0. The predicted octanol–water partition coefficient (Wildman–Crippen LogP) is 2.07. The Balaban J connectivity index is 1.65. The van der Waals surface area contributed by atoms with Gasteiger partial charge in [-0.2, -0.15) is 0 Å². The topological polar surface area (TPSA) is 65.5 Å². The third kappa shape index (κ3) is 3.26. The van der Waals surface area contributed by atoms with Crippen LogP contribution in [0.5, 0.6) is 5.75 Å². The van der Waals surface area contributed by atoms with Crippen LogP contribution in [-0.4, -0.2) is 28.6 Å². The molecule has 3 rings (SSSR count). The zero-order valence-electron chi connectivity index (χ0n) is 12.3. The molecule has 1 saturated heterocycles. The van der Waals surface area contributed by atoms with Gasteiger partial charge in [0.05, 0.1) is 17.9 Å². The minimum absolute atomic E-state index is 0.0828. The van der Waals surface area contributed by atoms with Crippen LogP contribution in [0.4, 0.5) is 5.69 Å². The third-order valence-corrected chi connectivity index (χ3v) is 3.86. The second-order valence-electron chi connectivity index (χ2n) is 5.45. The molecule has 114 valence electrons. The Hall–Kier alpha value is -2.40. The highest BCUT2D eigenvalue weighted by Crippen LogP contribution is 2.20. The van der Waals surface area contributed by atoms with Crippen LogP contribution in [-0.2, 0) is 11.3 Å². The summed E-state index contributed by atoms with van der Waals surface area (Å²) in [6.45, 7) is 1.29. The molecule has 1 aliphatic heterocycles. The van der Waals surface area contributed by atoms with E-state index < -0.39 is 0 Å². The fourth-order valence-corrected chi connectivity index (χ4v) is 2.74. The first-order valence-corrected chi connectivity index (χ1v) is 7.47. The van der Waals surface area contributed by atoms with Crippen LogP contribution in [0.2, 0.25) is 0 Å². The number of hydrogen-bond donors (Lipinski definition) is 2. The lowest BCUT2D eigenvalue weighted by Crippen LogP contribution is -2.50. The van der Waals surface area contributed by atoms with Gasteiger partial charge in [-0.1, -0.05) is 12.1 Å². The van der Waals surface area contributed by atoms with E-state index in [1.54, 1.807) is 35.5 Å². The molecule has 2 heterocycles. The molecule has 1 aliphatic rings. The maximum absolute atomic E-state index is 12.6. The molecular formula is C17H19N3O2. The first-order chi connectivity index (χ1) is 10.7. The molecule has 0 radical (unpaired) electrons. The normalized spacial score (nSPS) is 18.5. The second-order valence-corrected chi connectivity index (χ2v) is 5.45. The van der Waals surface area contributed by atoms with Gasteiger partial charge in [-0.15, -0.1) is 0 Å². The van der Waals surface area contributed by atoms with Gasteiger partial charge in [0, 0.05) is 19.3 Å². The summed E-state index contributed by atoms with van der Waals surface area (Å²) >= 11 is 0. The van der Waals surface area contributed by atoms with E-state index in [0.29, 0.717) is 6.54 Å². The highest BCUT2D eigenvalue weighted by atomic mass is 16.3. The molecule has 1 aromatic carbocycles. The molecule has 1 atom stereocenters. The van der Waals surface area contributed by atoms with Crippen LogP contribution >= 0.6 is 0 Å². The average Bonchev–Trinajstić information content (AvgIpc) is 2.55. The number of aromatic nitrogens is 1. The minimum atomic E-state index is -0.198. The summed E-state index contributed by atoms with van der Waals surface area (Å²) in [7, 11) is 0. The van der Waals surface area contributed by atoms with Crippen LogP contribution < -0.4 is 10.2 Å². The molecule has 22 heavy (non-hydrogen) atoms. The number of piperidine rings is 1. The van der Waals surface area contributed by atoms with Gasteiger partial charge in [0.2, 0.25) is 5.91 Å². The quantitative estimate of drug-likeness (QED) is 0.907. The van der Waals surface area contributed by atoms with Crippen LogP contribution in [0.1, 0.15) is 18.4 Å². The summed E-state index contributed by atoms with van der Waals surface area (Å²) in [6.07, 6.45) is 5.21. The van der Waals surface area contributed by atoms with Crippen molar-refractivity contribution < 1.29 is 9.90 Å². The highest BCUT2D eigenvalue weighted by Gasteiger charge is 2.29. The van der Waals surface area contributed by atoms with Crippen molar-refractivity contribution in [2.75, 3.05) is 11.4 Å². The Morgan fingerprint density at radius 1 is 1.32 bits per heavy atom. The maximum atomic E-state index is 12.6. The number of amides is 1. The van der Waals surface area contributed by atoms with Crippen molar-refractivity contribution in [1.82, 2.24) is 10.3 Å². The van der Waals surface area contributed by atoms with E-state index in [9.17, 15) is 9.90 Å². The van der Waals surface area contributed by atoms with Gasteiger partial charge in [0.1, 0.15) is 5.75 Å². The number of carbonyl (C=O) groups excluding carboxylic acids is 1. The van der Waals surface area contributed by atoms with Gasteiger partial charge >= 0.3 is 0 Å². The SMILES string of the molecule is O=C1C(NCc2cccc(O)c2)CCCN1c1cccnc1. The van der Waals surface area contributed by atoms with Crippen molar-refractivity contribution in [3.8, 4) is 5.75 Å². The largest absolute Gasteiger partial charge is 0.508 e. The van der Waals surface area contributed by atoms with E-state index in [1.807, 2.05) is 18.2 Å². The fourth-order valence-electron chi connectivity index (χ4n) is 2.74. The summed E-state index contributed by atoms with van der Waals surface area (Å²) in [5.41, 5.74) is 1.81. The number of hydrogen-bond acceptors (Lipinski definition) is 4. The van der Waals surface area contributed by atoms with Crippen molar-refractivity contribution in [2.24, 2.45) is 0 Å². The van der Waals surface area contributed by atoms with Gasteiger partial charge < -0.3 is 15.3 Å². The van der Waals surface area contributed by atoms with Gasteiger partial charge in [0.25, 0.3) is 0 Å². The van der Waals surface area contributed by atoms with Crippen molar-refractivity contribution >= 4 is 11.6 Å². The molecule has 2 N–H and O–H groups in total. The maximum Gasteiger partial charge on any atom is 0.244 e. The number of nitrogens with zero attached hydrogens (tertiary/aromatic N) is 2. The molecule has 5 nitrogen and oxygen atoms in total. The Morgan fingerprint density at radius 2 is 2.23 bits per heavy atom. The lowest BCUT2D eigenvalue weighted by molar-refractivity contribution is -0.121. The third-order valence-electron chi connectivity index (χ3n) is 3.86. The van der Waals surface area contributed by atoms with E-state index in [4.69, 9.17) is 0 Å². The van der Waals surface area contributed by atoms with Crippen molar-refractivity contribution in [3.05, 3.63) is 54.4 Å². The summed E-state index contributed by atoms with van der Waals surface area (Å²) in [6, 6.07) is 10.6. The molecule has 0 saturated carbocycles. The van der Waals surface area contributed by atoms with Crippen LogP contribution in [0, 0.1) is 0 Å². The van der Waals surface area contributed by atoms with Gasteiger partial charge in [-0.3, -0.25) is 9.78 Å². The van der Waals surface area contributed by atoms with E-state index in [2.05, 4.69) is 10.3 Å². The first kappa shape index (κ1) is 14.5. The molecule has 5 heteroatoms. The number of benzene rings is 1. The van der Waals surface area contributed by atoms with E-state index in [0.717, 1.165) is 30.6 Å². The summed E-state index contributed by atoms with van der Waals surface area (Å²) < 4.78 is 0. The van der Waals surface area contributed by atoms with E-state index in [1.165, 1.54) is 0 Å². The number of anilines is 1. The van der Waals surface area contributed by atoms with Gasteiger partial charge in [0.15, 0.2) is 0 Å². The zero-order valence-corrected chi connectivity index (χ0v) is 12.3. The van der Waals surface area contributed by atoms with Gasteiger partial charge in [-0.25, -0.2) is 0 Å². The Kier molecular flexibility index (Phi) is 4.34. The van der Waals surface area contributed by atoms with Crippen LogP contribution in [0.25, 0.3) is 0 Å². The van der Waals surface area contributed by atoms with E-state index in [-0.39, 0.29) is 17.7 Å². The summed E-state index contributed by atoms with van der Waals surface area (Å²) in [5, 5.41) is 12.8. The molecule has 0 bridgehead atoms. The van der Waals surface area contributed by atoms with Crippen molar-refractivity contribution in [2.45, 2.75) is 25.4 Å². The number of phenolic OH excluding ortho intramolecular Hbond substituents is 1. The predicted molar refractivity (Wildman–Crippen MR) is 84.6 cm³/mol. The number of rotatable bonds is 4. The number of aromatic hydroxyl groups is 1. The fraction of sp³-hybridized carbons (Fsp3) is 0.294.